The van der Waals surface area contributed by atoms with E-state index in [-0.39, 0.29) is 6.04 Å². The van der Waals surface area contributed by atoms with Gasteiger partial charge in [0.2, 0.25) is 10.0 Å². The number of nitrogens with zero attached hydrogens (tertiary/aromatic N) is 1. The quantitative estimate of drug-likeness (QED) is 0.672. The lowest BCUT2D eigenvalue weighted by molar-refractivity contribution is -0.0240. The van der Waals surface area contributed by atoms with Gasteiger partial charge < -0.3 is 5.11 Å². The number of aryl methyl sites for hydroxylation is 1. The van der Waals surface area contributed by atoms with Crippen LogP contribution < -0.4 is 0 Å². The summed E-state index contributed by atoms with van der Waals surface area (Å²) in [5, 5.41) is 11.5. The van der Waals surface area contributed by atoms with Crippen molar-refractivity contribution in [3.8, 4) is 0 Å². The van der Waals surface area contributed by atoms with E-state index < -0.39 is 21.2 Å². The molecule has 132 valence electrons. The number of hydrogen-bond donors (Lipinski definition) is 1. The molecule has 3 fully saturated rings. The highest BCUT2D eigenvalue weighted by molar-refractivity contribution is 7.89. The third kappa shape index (κ3) is 2.21. The van der Waals surface area contributed by atoms with Crippen LogP contribution in [0, 0.1) is 6.92 Å². The number of aliphatic hydroxyl groups is 1. The van der Waals surface area contributed by atoms with Gasteiger partial charge in [0, 0.05) is 6.04 Å². The molecule has 4 nitrogen and oxygen atoms in total. The predicted octanol–water partition coefficient (Wildman–Crippen LogP) is 3.38. The molecule has 1 saturated heterocycles. The molecule has 1 N–H and O–H groups in total. The second-order valence-corrected chi connectivity index (χ2v) is 9.71. The van der Waals surface area contributed by atoms with E-state index in [4.69, 9.17) is 0 Å². The van der Waals surface area contributed by atoms with Gasteiger partial charge in [0.15, 0.2) is 0 Å². The number of benzene rings is 1. The van der Waals surface area contributed by atoms with E-state index in [9.17, 15) is 13.5 Å². The van der Waals surface area contributed by atoms with Gasteiger partial charge in [-0.05, 0) is 51.2 Å². The van der Waals surface area contributed by atoms with Gasteiger partial charge >= 0.3 is 0 Å². The van der Waals surface area contributed by atoms with E-state index in [0.29, 0.717) is 4.90 Å². The third-order valence-corrected chi connectivity index (χ3v) is 8.48. The Morgan fingerprint density at radius 3 is 2.25 bits per heavy atom. The van der Waals surface area contributed by atoms with Gasteiger partial charge in [-0.2, -0.15) is 4.31 Å². The first-order valence-electron chi connectivity index (χ1n) is 9.25. The molecule has 0 aromatic heterocycles. The van der Waals surface area contributed by atoms with Crippen molar-refractivity contribution in [3.05, 3.63) is 29.8 Å². The highest BCUT2D eigenvalue weighted by Crippen LogP contribution is 2.63. The molecule has 4 rings (SSSR count). The van der Waals surface area contributed by atoms with Gasteiger partial charge in [0.05, 0.1) is 16.0 Å². The molecular weight excluding hydrogens is 322 g/mol. The Bertz CT molecular complexity index is 719. The molecule has 3 aliphatic rings. The van der Waals surface area contributed by atoms with Crippen LogP contribution in [0.4, 0.5) is 0 Å². The Labute approximate surface area is 144 Å². The fraction of sp³-hybridized carbons (Fsp3) is 0.684. The first-order chi connectivity index (χ1) is 11.4. The SMILES string of the molecule is Cc1ccc(S(=O)(=O)N2C3CCCC32C2(O)CCCCCC2)cc1. The second-order valence-electron chi connectivity index (χ2n) is 7.89. The molecule has 0 spiro atoms. The van der Waals surface area contributed by atoms with E-state index in [2.05, 4.69) is 0 Å². The Kier molecular flexibility index (Phi) is 3.83. The molecule has 0 bridgehead atoms. The summed E-state index contributed by atoms with van der Waals surface area (Å²) in [6, 6.07) is 7.08. The van der Waals surface area contributed by atoms with E-state index in [1.54, 1.807) is 16.4 Å². The van der Waals surface area contributed by atoms with Crippen LogP contribution in [0.25, 0.3) is 0 Å². The van der Waals surface area contributed by atoms with Crippen molar-refractivity contribution in [1.82, 2.24) is 4.31 Å². The van der Waals surface area contributed by atoms with Crippen molar-refractivity contribution in [2.24, 2.45) is 0 Å². The van der Waals surface area contributed by atoms with Gasteiger partial charge in [0.25, 0.3) is 0 Å². The van der Waals surface area contributed by atoms with Gasteiger partial charge in [-0.3, -0.25) is 0 Å². The summed E-state index contributed by atoms with van der Waals surface area (Å²) in [7, 11) is -3.53. The molecule has 2 aliphatic carbocycles. The van der Waals surface area contributed by atoms with E-state index in [1.165, 1.54) is 0 Å². The summed E-state index contributed by atoms with van der Waals surface area (Å²) in [6.45, 7) is 1.96. The zero-order chi connectivity index (χ0) is 17.0. The topological polar surface area (TPSA) is 57.4 Å². The van der Waals surface area contributed by atoms with Crippen LogP contribution in [0.3, 0.4) is 0 Å². The molecular formula is C19H27NO3S. The maximum atomic E-state index is 13.2. The molecule has 1 heterocycles. The fourth-order valence-corrected chi connectivity index (χ4v) is 7.35. The van der Waals surface area contributed by atoms with Crippen LogP contribution in [-0.2, 0) is 10.0 Å². The minimum Gasteiger partial charge on any atom is -0.388 e. The summed E-state index contributed by atoms with van der Waals surface area (Å²) in [5.41, 5.74) is -0.333. The fourth-order valence-electron chi connectivity index (χ4n) is 5.26. The zero-order valence-corrected chi connectivity index (χ0v) is 15.2. The van der Waals surface area contributed by atoms with E-state index >= 15 is 0 Å². The van der Waals surface area contributed by atoms with Crippen molar-refractivity contribution < 1.29 is 13.5 Å². The normalized spacial score (nSPS) is 35.2. The number of sulfonamides is 1. The summed E-state index contributed by atoms with van der Waals surface area (Å²) >= 11 is 0. The van der Waals surface area contributed by atoms with Crippen molar-refractivity contribution in [2.75, 3.05) is 0 Å². The molecule has 0 radical (unpaired) electrons. The van der Waals surface area contributed by atoms with E-state index in [0.717, 1.165) is 63.4 Å². The van der Waals surface area contributed by atoms with Crippen molar-refractivity contribution in [3.63, 3.8) is 0 Å². The number of hydrogen-bond acceptors (Lipinski definition) is 3. The Morgan fingerprint density at radius 2 is 1.62 bits per heavy atom. The lowest BCUT2D eigenvalue weighted by Crippen LogP contribution is -2.48. The largest absolute Gasteiger partial charge is 0.388 e. The predicted molar refractivity (Wildman–Crippen MR) is 93.2 cm³/mol. The molecule has 5 heteroatoms. The average molecular weight is 349 g/mol. The van der Waals surface area contributed by atoms with Crippen molar-refractivity contribution in [2.45, 2.75) is 86.8 Å². The summed E-state index contributed by atoms with van der Waals surface area (Å²) in [4.78, 5) is 0.360. The van der Waals surface area contributed by atoms with E-state index in [1.807, 2.05) is 19.1 Å². The van der Waals surface area contributed by atoms with Gasteiger partial charge in [0.1, 0.15) is 0 Å². The Balaban J connectivity index is 1.70. The number of fused-ring (bicyclic) bond motifs is 1. The molecule has 24 heavy (non-hydrogen) atoms. The standard InChI is InChI=1S/C19H27NO3S/c1-15-8-10-16(11-9-15)24(22,23)20-17-7-6-14-19(17,20)18(21)12-4-2-3-5-13-18/h8-11,17,21H,2-7,12-14H2,1H3. The molecule has 3 unspecified atom stereocenters. The molecule has 1 aliphatic heterocycles. The monoisotopic (exact) mass is 349 g/mol. The number of rotatable bonds is 3. The van der Waals surface area contributed by atoms with Gasteiger partial charge in [-0.15, -0.1) is 0 Å². The molecule has 1 aromatic rings. The summed E-state index contributed by atoms with van der Waals surface area (Å²) in [5.74, 6) is 0. The molecule has 2 saturated carbocycles. The maximum Gasteiger partial charge on any atom is 0.244 e. The van der Waals surface area contributed by atoms with Crippen molar-refractivity contribution >= 4 is 10.0 Å². The summed E-state index contributed by atoms with van der Waals surface area (Å²) in [6.07, 6.45) is 8.49. The minimum absolute atomic E-state index is 0.00750. The van der Waals surface area contributed by atoms with Crippen molar-refractivity contribution in [1.29, 1.82) is 0 Å². The van der Waals surface area contributed by atoms with Crippen LogP contribution >= 0.6 is 0 Å². The smallest absolute Gasteiger partial charge is 0.244 e. The van der Waals surface area contributed by atoms with Crippen LogP contribution in [-0.4, -0.2) is 35.0 Å². The first kappa shape index (κ1) is 16.6. The second kappa shape index (κ2) is 5.55. The molecule has 1 aromatic carbocycles. The Morgan fingerprint density at radius 1 is 1.00 bits per heavy atom. The van der Waals surface area contributed by atoms with Crippen LogP contribution in [0.15, 0.2) is 29.2 Å². The molecule has 0 amide bonds. The van der Waals surface area contributed by atoms with Gasteiger partial charge in [-0.1, -0.05) is 43.4 Å². The van der Waals surface area contributed by atoms with Crippen LogP contribution in [0.5, 0.6) is 0 Å². The maximum absolute atomic E-state index is 13.2. The highest BCUT2D eigenvalue weighted by atomic mass is 32.2. The highest BCUT2D eigenvalue weighted by Gasteiger charge is 2.77. The van der Waals surface area contributed by atoms with Crippen LogP contribution in [0.2, 0.25) is 0 Å². The Hall–Kier alpha value is -0.910. The first-order valence-corrected chi connectivity index (χ1v) is 10.7. The third-order valence-electron chi connectivity index (χ3n) is 6.51. The summed E-state index contributed by atoms with van der Waals surface area (Å²) < 4.78 is 28.1. The van der Waals surface area contributed by atoms with Crippen LogP contribution in [0.1, 0.15) is 63.4 Å². The molecule has 3 atom stereocenters. The number of piperidine rings is 1. The lowest BCUT2D eigenvalue weighted by atomic mass is 9.79. The average Bonchev–Trinajstić information content (AvgIpc) is 3.13. The van der Waals surface area contributed by atoms with Gasteiger partial charge in [-0.25, -0.2) is 8.42 Å². The lowest BCUT2D eigenvalue weighted by Gasteiger charge is -2.35. The minimum atomic E-state index is -3.53. The zero-order valence-electron chi connectivity index (χ0n) is 14.4.